The Hall–Kier alpha value is -3.48. The molecule has 1 unspecified atom stereocenters. The van der Waals surface area contributed by atoms with Gasteiger partial charge in [-0.25, -0.2) is 9.97 Å². The summed E-state index contributed by atoms with van der Waals surface area (Å²) in [6.07, 6.45) is 3.08. The highest BCUT2D eigenvalue weighted by atomic mass is 16.5. The molecule has 9 nitrogen and oxygen atoms in total. The normalized spacial score (nSPS) is 11.9. The number of ether oxygens (including phenoxy) is 1. The van der Waals surface area contributed by atoms with E-state index in [4.69, 9.17) is 9.84 Å². The minimum Gasteiger partial charge on any atom is -0.471 e. The van der Waals surface area contributed by atoms with Crippen molar-refractivity contribution in [2.45, 2.75) is 13.0 Å². The standard InChI is InChI=1S/C21H25N7O2/c1-14(13-28(2)3)30-21-18(10-22)24-12-20(27-21)26-19-9-15-5-4-6-17(23-7-8-29)16(15)11-25-19/h4-6,9,11-12,14,23,29H,7-8,13H2,1-3H3,(H,25,26,27). The van der Waals surface area contributed by atoms with Gasteiger partial charge in [0.25, 0.3) is 5.88 Å². The van der Waals surface area contributed by atoms with Gasteiger partial charge in [0.1, 0.15) is 18.0 Å². The van der Waals surface area contributed by atoms with Crippen LogP contribution in [0.1, 0.15) is 12.6 Å². The Kier molecular flexibility index (Phi) is 6.95. The maximum atomic E-state index is 9.30. The third-order valence-corrected chi connectivity index (χ3v) is 4.23. The molecule has 156 valence electrons. The zero-order chi connectivity index (χ0) is 21.5. The second-order valence-corrected chi connectivity index (χ2v) is 7.08. The lowest BCUT2D eigenvalue weighted by atomic mass is 10.1. The maximum absolute atomic E-state index is 9.30. The van der Waals surface area contributed by atoms with Gasteiger partial charge in [-0.15, -0.1) is 0 Å². The number of nitrogens with zero attached hydrogens (tertiary/aromatic N) is 5. The molecule has 9 heteroatoms. The van der Waals surface area contributed by atoms with Crippen molar-refractivity contribution < 1.29 is 9.84 Å². The number of rotatable bonds is 9. The smallest absolute Gasteiger partial charge is 0.253 e. The van der Waals surface area contributed by atoms with Gasteiger partial charge in [-0.3, -0.25) is 0 Å². The molecule has 0 saturated carbocycles. The van der Waals surface area contributed by atoms with Gasteiger partial charge >= 0.3 is 0 Å². The molecule has 0 radical (unpaired) electrons. The summed E-state index contributed by atoms with van der Waals surface area (Å²) in [5, 5.41) is 26.6. The first-order valence-electron chi connectivity index (χ1n) is 9.59. The van der Waals surface area contributed by atoms with E-state index >= 15 is 0 Å². The summed E-state index contributed by atoms with van der Waals surface area (Å²) < 4.78 is 5.82. The summed E-state index contributed by atoms with van der Waals surface area (Å²) in [6.45, 7) is 3.12. The fraction of sp³-hybridized carbons (Fsp3) is 0.333. The number of fused-ring (bicyclic) bond motifs is 1. The van der Waals surface area contributed by atoms with Crippen molar-refractivity contribution >= 4 is 28.1 Å². The number of pyridine rings is 1. The summed E-state index contributed by atoms with van der Waals surface area (Å²) in [4.78, 5) is 15.0. The number of aliphatic hydroxyl groups is 1. The van der Waals surface area contributed by atoms with Gasteiger partial charge in [0, 0.05) is 30.4 Å². The van der Waals surface area contributed by atoms with Crippen molar-refractivity contribution in [3.8, 4) is 11.9 Å². The first-order valence-corrected chi connectivity index (χ1v) is 9.59. The average Bonchev–Trinajstić information content (AvgIpc) is 2.71. The highest BCUT2D eigenvalue weighted by Gasteiger charge is 2.14. The maximum Gasteiger partial charge on any atom is 0.253 e. The number of benzene rings is 1. The third kappa shape index (κ3) is 5.31. The zero-order valence-corrected chi connectivity index (χ0v) is 17.3. The zero-order valence-electron chi connectivity index (χ0n) is 17.3. The minimum atomic E-state index is -0.153. The molecule has 0 spiro atoms. The number of anilines is 3. The highest BCUT2D eigenvalue weighted by molar-refractivity contribution is 5.94. The molecule has 1 atom stereocenters. The van der Waals surface area contributed by atoms with E-state index in [9.17, 15) is 5.26 Å². The average molecular weight is 407 g/mol. The molecule has 30 heavy (non-hydrogen) atoms. The van der Waals surface area contributed by atoms with E-state index < -0.39 is 0 Å². The molecule has 3 N–H and O–H groups in total. The first kappa shape index (κ1) is 21.2. The van der Waals surface area contributed by atoms with Gasteiger partial charge in [0.2, 0.25) is 5.69 Å². The van der Waals surface area contributed by atoms with Crippen LogP contribution in [0.2, 0.25) is 0 Å². The largest absolute Gasteiger partial charge is 0.471 e. The number of hydrogen-bond acceptors (Lipinski definition) is 9. The molecule has 0 aliphatic rings. The second-order valence-electron chi connectivity index (χ2n) is 7.08. The fourth-order valence-corrected chi connectivity index (χ4v) is 3.05. The molecule has 0 saturated heterocycles. The molecule has 2 aromatic heterocycles. The Morgan fingerprint density at radius 2 is 2.07 bits per heavy atom. The number of nitrogens with one attached hydrogen (secondary N) is 2. The van der Waals surface area contributed by atoms with Crippen LogP contribution in [0.4, 0.5) is 17.3 Å². The minimum absolute atomic E-state index is 0.0540. The van der Waals surface area contributed by atoms with Gasteiger partial charge in [-0.1, -0.05) is 12.1 Å². The molecule has 2 heterocycles. The lowest BCUT2D eigenvalue weighted by Gasteiger charge is -2.18. The Morgan fingerprint density at radius 3 is 2.80 bits per heavy atom. The molecule has 1 aromatic carbocycles. The Bertz CT molecular complexity index is 1050. The van der Waals surface area contributed by atoms with E-state index in [1.807, 2.05) is 56.3 Å². The van der Waals surface area contributed by atoms with Crippen LogP contribution in [-0.4, -0.2) is 64.9 Å². The van der Waals surface area contributed by atoms with Gasteiger partial charge in [-0.05, 0) is 38.5 Å². The van der Waals surface area contributed by atoms with Crippen molar-refractivity contribution in [2.24, 2.45) is 0 Å². The number of hydrogen-bond donors (Lipinski definition) is 3. The molecule has 3 rings (SSSR count). The van der Waals surface area contributed by atoms with E-state index in [1.54, 1.807) is 6.20 Å². The SMILES string of the molecule is CC(CN(C)C)Oc1nc(Nc2cc3cccc(NCCO)c3cn2)cnc1C#N. The summed E-state index contributed by atoms with van der Waals surface area (Å²) >= 11 is 0. The van der Waals surface area contributed by atoms with Crippen LogP contribution >= 0.6 is 0 Å². The molecule has 0 amide bonds. The molecule has 0 aliphatic heterocycles. The third-order valence-electron chi connectivity index (χ3n) is 4.23. The Labute approximate surface area is 175 Å². The van der Waals surface area contributed by atoms with E-state index in [-0.39, 0.29) is 24.3 Å². The predicted molar refractivity (Wildman–Crippen MR) is 116 cm³/mol. The van der Waals surface area contributed by atoms with Crippen LogP contribution in [0.5, 0.6) is 5.88 Å². The molecule has 0 aliphatic carbocycles. The number of nitriles is 1. The summed E-state index contributed by atoms with van der Waals surface area (Å²) in [6, 6.07) is 9.77. The second kappa shape index (κ2) is 9.82. The predicted octanol–water partition coefficient (Wildman–Crippen LogP) is 2.37. The number of aromatic nitrogens is 3. The Balaban J connectivity index is 1.82. The van der Waals surface area contributed by atoms with Crippen molar-refractivity contribution in [3.63, 3.8) is 0 Å². The van der Waals surface area contributed by atoms with Crippen molar-refractivity contribution in [1.82, 2.24) is 19.9 Å². The first-order chi connectivity index (χ1) is 14.5. The van der Waals surface area contributed by atoms with Crippen LogP contribution in [0.25, 0.3) is 10.8 Å². The molecule has 0 fully saturated rings. The van der Waals surface area contributed by atoms with Crippen LogP contribution in [0.15, 0.2) is 36.7 Å². The van der Waals surface area contributed by atoms with Crippen molar-refractivity contribution in [2.75, 3.05) is 44.4 Å². The highest BCUT2D eigenvalue weighted by Crippen LogP contribution is 2.26. The number of likely N-dealkylation sites (N-methyl/N-ethyl adjacent to an activating group) is 1. The Morgan fingerprint density at radius 1 is 1.23 bits per heavy atom. The van der Waals surface area contributed by atoms with Gasteiger partial charge in [0.05, 0.1) is 12.8 Å². The van der Waals surface area contributed by atoms with Gasteiger partial charge in [0.15, 0.2) is 5.82 Å². The molecule has 3 aromatic rings. The summed E-state index contributed by atoms with van der Waals surface area (Å²) in [5.41, 5.74) is 1.04. The van der Waals surface area contributed by atoms with Crippen LogP contribution in [-0.2, 0) is 0 Å². The van der Waals surface area contributed by atoms with Crippen LogP contribution in [0.3, 0.4) is 0 Å². The van der Waals surface area contributed by atoms with E-state index in [0.29, 0.717) is 24.7 Å². The van der Waals surface area contributed by atoms with E-state index in [2.05, 4.69) is 25.6 Å². The van der Waals surface area contributed by atoms with E-state index in [1.165, 1.54) is 6.20 Å². The monoisotopic (exact) mass is 407 g/mol. The van der Waals surface area contributed by atoms with Gasteiger partial charge < -0.3 is 25.4 Å². The summed E-state index contributed by atoms with van der Waals surface area (Å²) in [5.74, 6) is 1.21. The molecular formula is C21H25N7O2. The lowest BCUT2D eigenvalue weighted by molar-refractivity contribution is 0.169. The van der Waals surface area contributed by atoms with Crippen molar-refractivity contribution in [1.29, 1.82) is 5.26 Å². The molecule has 0 bridgehead atoms. The van der Waals surface area contributed by atoms with Crippen LogP contribution in [0, 0.1) is 11.3 Å². The van der Waals surface area contributed by atoms with Crippen molar-refractivity contribution in [3.05, 3.63) is 42.4 Å². The summed E-state index contributed by atoms with van der Waals surface area (Å²) in [7, 11) is 3.90. The fourth-order valence-electron chi connectivity index (χ4n) is 3.05. The van der Waals surface area contributed by atoms with E-state index in [0.717, 1.165) is 16.5 Å². The molecular weight excluding hydrogens is 382 g/mol. The van der Waals surface area contributed by atoms with Gasteiger partial charge in [-0.2, -0.15) is 10.2 Å². The quantitative estimate of drug-likeness (QED) is 0.491. The topological polar surface area (TPSA) is 119 Å². The lowest BCUT2D eigenvalue weighted by Crippen LogP contribution is -2.28. The number of aliphatic hydroxyl groups excluding tert-OH is 1. The van der Waals surface area contributed by atoms with Crippen LogP contribution < -0.4 is 15.4 Å².